The highest BCUT2D eigenvalue weighted by molar-refractivity contribution is 5.39. The Labute approximate surface area is 167 Å². The smallest absolute Gasteiger partial charge is 0.330 e. The van der Waals surface area contributed by atoms with Crippen LogP contribution in [0.4, 0.5) is 5.69 Å². The lowest BCUT2D eigenvalue weighted by Crippen LogP contribution is -2.61. The van der Waals surface area contributed by atoms with Gasteiger partial charge in [-0.25, -0.2) is 4.79 Å². The van der Waals surface area contributed by atoms with E-state index in [0.29, 0.717) is 12.8 Å². The van der Waals surface area contributed by atoms with Crippen LogP contribution in [0, 0.1) is 0 Å². The second-order valence-corrected chi connectivity index (χ2v) is 9.12. The number of rotatable bonds is 4. The minimum atomic E-state index is -1.45. The molecule has 6 N–H and O–H groups in total. The van der Waals surface area contributed by atoms with E-state index >= 15 is 0 Å². The van der Waals surface area contributed by atoms with Gasteiger partial charge in [0.1, 0.15) is 24.0 Å². The molecule has 1 aromatic heterocycles. The van der Waals surface area contributed by atoms with Crippen LogP contribution in [0.3, 0.4) is 0 Å². The summed E-state index contributed by atoms with van der Waals surface area (Å²) in [5.74, 6) is 0. The monoisotopic (exact) mass is 414 g/mol. The Kier molecular flexibility index (Phi) is 5.67. The van der Waals surface area contributed by atoms with Crippen molar-refractivity contribution in [2.45, 2.75) is 82.2 Å². The van der Waals surface area contributed by atoms with Gasteiger partial charge in [0.25, 0.3) is 5.56 Å². The Morgan fingerprint density at radius 2 is 1.76 bits per heavy atom. The Balaban J connectivity index is 1.89. The fourth-order valence-corrected chi connectivity index (χ4v) is 4.48. The SMILES string of the molecule is CC1(C)CC(Nc2cn([C@@H]3O[C@H](CO)[C@@H](O)[C@H]3O)c(=O)[nH]c2=O)CC(C)(C)N1O. The molecule has 164 valence electrons. The van der Waals surface area contributed by atoms with Gasteiger partial charge in [-0.2, -0.15) is 5.06 Å². The van der Waals surface area contributed by atoms with Gasteiger partial charge in [-0.1, -0.05) is 0 Å². The minimum Gasteiger partial charge on any atom is -0.394 e. The lowest BCUT2D eigenvalue weighted by Gasteiger charge is -2.51. The largest absolute Gasteiger partial charge is 0.394 e. The Bertz CT molecular complexity index is 847. The molecular weight excluding hydrogens is 384 g/mol. The number of nitrogens with zero attached hydrogens (tertiary/aromatic N) is 2. The molecule has 3 heterocycles. The van der Waals surface area contributed by atoms with E-state index in [4.69, 9.17) is 4.74 Å². The van der Waals surface area contributed by atoms with Crippen molar-refractivity contribution in [3.05, 3.63) is 27.0 Å². The second-order valence-electron chi connectivity index (χ2n) is 9.12. The van der Waals surface area contributed by atoms with Gasteiger partial charge in [0.15, 0.2) is 6.23 Å². The third-order valence-electron chi connectivity index (χ3n) is 5.76. The molecule has 0 aromatic carbocycles. The van der Waals surface area contributed by atoms with Gasteiger partial charge < -0.3 is 30.6 Å². The van der Waals surface area contributed by atoms with Crippen LogP contribution in [0.15, 0.2) is 15.8 Å². The molecule has 0 amide bonds. The van der Waals surface area contributed by atoms with Crippen LogP contribution >= 0.6 is 0 Å². The number of hydrogen-bond acceptors (Lipinski definition) is 9. The summed E-state index contributed by atoms with van der Waals surface area (Å²) in [6.07, 6.45) is -2.78. The molecule has 0 aliphatic carbocycles. The predicted octanol–water partition coefficient (Wildman–Crippen LogP) is -1.03. The normalized spacial score (nSPS) is 32.4. The van der Waals surface area contributed by atoms with Crippen LogP contribution in [0.1, 0.15) is 46.8 Å². The molecule has 1 aromatic rings. The van der Waals surface area contributed by atoms with Gasteiger partial charge >= 0.3 is 5.69 Å². The number of ether oxygens (including phenoxy) is 1. The standard InChI is InChI=1S/C18H30N4O7/c1-17(2)5-9(6-18(3,4)22(17)28)19-10-7-21(16(27)20-14(10)26)15-13(25)12(24)11(8-23)29-15/h7,9,11-13,15,19,23-25,28H,5-6,8H2,1-4H3,(H,20,26,27)/t11-,12-,13-,15-/m1/s1. The molecule has 2 saturated heterocycles. The van der Waals surface area contributed by atoms with Crippen LogP contribution in [0.2, 0.25) is 0 Å². The van der Waals surface area contributed by atoms with Gasteiger partial charge in [0.05, 0.1) is 6.61 Å². The summed E-state index contributed by atoms with van der Waals surface area (Å²) in [6.45, 7) is 7.06. The van der Waals surface area contributed by atoms with Crippen molar-refractivity contribution in [1.82, 2.24) is 14.6 Å². The first-order chi connectivity index (χ1) is 13.4. The molecule has 0 radical (unpaired) electrons. The predicted molar refractivity (Wildman–Crippen MR) is 103 cm³/mol. The van der Waals surface area contributed by atoms with E-state index in [9.17, 15) is 30.1 Å². The van der Waals surface area contributed by atoms with E-state index < -0.39 is 53.5 Å². The molecule has 2 aliphatic rings. The number of aliphatic hydroxyl groups is 3. The molecule has 0 spiro atoms. The number of anilines is 1. The quantitative estimate of drug-likeness (QED) is 0.362. The molecule has 2 aliphatic heterocycles. The number of piperidine rings is 1. The van der Waals surface area contributed by atoms with E-state index in [0.717, 1.165) is 4.57 Å². The molecule has 0 unspecified atom stereocenters. The lowest BCUT2D eigenvalue weighted by atomic mass is 9.79. The van der Waals surface area contributed by atoms with E-state index in [1.807, 2.05) is 27.7 Å². The maximum atomic E-state index is 12.4. The van der Waals surface area contributed by atoms with Crippen molar-refractivity contribution in [1.29, 1.82) is 0 Å². The van der Waals surface area contributed by atoms with E-state index in [1.54, 1.807) is 0 Å². The third-order valence-corrected chi connectivity index (χ3v) is 5.76. The molecule has 11 heteroatoms. The summed E-state index contributed by atoms with van der Waals surface area (Å²) in [5, 5.41) is 44.3. The van der Waals surface area contributed by atoms with Crippen molar-refractivity contribution in [3.63, 3.8) is 0 Å². The summed E-state index contributed by atoms with van der Waals surface area (Å²) in [6, 6.07) is -0.166. The highest BCUT2D eigenvalue weighted by Crippen LogP contribution is 2.37. The van der Waals surface area contributed by atoms with Gasteiger partial charge in [-0.05, 0) is 40.5 Å². The van der Waals surface area contributed by atoms with Crippen molar-refractivity contribution < 1.29 is 25.3 Å². The summed E-state index contributed by atoms with van der Waals surface area (Å²) in [7, 11) is 0. The topological polar surface area (TPSA) is 160 Å². The first-order valence-corrected chi connectivity index (χ1v) is 9.61. The summed E-state index contributed by atoms with van der Waals surface area (Å²) in [5.41, 5.74) is -2.40. The van der Waals surface area contributed by atoms with Gasteiger partial charge in [-0.3, -0.25) is 14.3 Å². The molecule has 0 bridgehead atoms. The number of H-pyrrole nitrogens is 1. The highest BCUT2D eigenvalue weighted by Gasteiger charge is 2.46. The number of nitrogens with one attached hydrogen (secondary N) is 2. The van der Waals surface area contributed by atoms with E-state index in [-0.39, 0.29) is 11.7 Å². The fraction of sp³-hybridized carbons (Fsp3) is 0.778. The van der Waals surface area contributed by atoms with Crippen molar-refractivity contribution in [3.8, 4) is 0 Å². The second kappa shape index (κ2) is 7.49. The van der Waals surface area contributed by atoms with Crippen LogP contribution in [0.25, 0.3) is 0 Å². The molecule has 0 saturated carbocycles. The maximum Gasteiger partial charge on any atom is 0.330 e. The Morgan fingerprint density at radius 1 is 1.17 bits per heavy atom. The number of hydrogen-bond donors (Lipinski definition) is 6. The van der Waals surface area contributed by atoms with Crippen LogP contribution < -0.4 is 16.6 Å². The van der Waals surface area contributed by atoms with Gasteiger partial charge in [0.2, 0.25) is 0 Å². The van der Waals surface area contributed by atoms with Gasteiger partial charge in [0, 0.05) is 23.3 Å². The van der Waals surface area contributed by atoms with Crippen molar-refractivity contribution in [2.24, 2.45) is 0 Å². The minimum absolute atomic E-state index is 0.102. The molecule has 4 atom stereocenters. The van der Waals surface area contributed by atoms with Crippen LogP contribution in [-0.2, 0) is 4.74 Å². The first kappa shape index (κ1) is 21.9. The van der Waals surface area contributed by atoms with E-state index in [1.165, 1.54) is 11.3 Å². The first-order valence-electron chi connectivity index (χ1n) is 9.61. The summed E-state index contributed by atoms with van der Waals surface area (Å²) in [4.78, 5) is 26.8. The number of hydroxylamine groups is 2. The third kappa shape index (κ3) is 3.98. The average molecular weight is 414 g/mol. The summed E-state index contributed by atoms with van der Waals surface area (Å²) >= 11 is 0. The van der Waals surface area contributed by atoms with Crippen LogP contribution in [-0.4, -0.2) is 77.2 Å². The molecule has 11 nitrogen and oxygen atoms in total. The fourth-order valence-electron chi connectivity index (χ4n) is 4.48. The molecule has 29 heavy (non-hydrogen) atoms. The maximum absolute atomic E-state index is 12.4. The zero-order chi connectivity index (χ0) is 21.7. The molecular formula is C18H30N4O7. The van der Waals surface area contributed by atoms with E-state index in [2.05, 4.69) is 10.3 Å². The number of aromatic nitrogens is 2. The zero-order valence-corrected chi connectivity index (χ0v) is 17.0. The van der Waals surface area contributed by atoms with Crippen LogP contribution in [0.5, 0.6) is 0 Å². The highest BCUT2D eigenvalue weighted by atomic mass is 16.6. The van der Waals surface area contributed by atoms with Gasteiger partial charge in [-0.15, -0.1) is 0 Å². The molecule has 3 rings (SSSR count). The zero-order valence-electron chi connectivity index (χ0n) is 17.0. The number of aliphatic hydroxyl groups excluding tert-OH is 3. The lowest BCUT2D eigenvalue weighted by molar-refractivity contribution is -0.243. The Hall–Kier alpha value is -1.76. The number of aromatic amines is 1. The average Bonchev–Trinajstić information content (AvgIpc) is 2.89. The summed E-state index contributed by atoms with van der Waals surface area (Å²) < 4.78 is 6.38. The Morgan fingerprint density at radius 3 is 2.28 bits per heavy atom. The molecule has 2 fully saturated rings. The van der Waals surface area contributed by atoms with Crippen molar-refractivity contribution in [2.75, 3.05) is 11.9 Å². The van der Waals surface area contributed by atoms with Crippen molar-refractivity contribution >= 4 is 5.69 Å².